The highest BCUT2D eigenvalue weighted by molar-refractivity contribution is 5.89. The minimum Gasteiger partial charge on any atom is -0.481 e. The quantitative estimate of drug-likeness (QED) is 0.538. The summed E-state index contributed by atoms with van der Waals surface area (Å²) < 4.78 is 4.95. The molecule has 0 radical (unpaired) electrons. The van der Waals surface area contributed by atoms with Crippen molar-refractivity contribution in [1.29, 1.82) is 0 Å². The molecule has 4 N–H and O–H groups in total. The smallest absolute Gasteiger partial charge is 0.328 e. The van der Waals surface area contributed by atoms with Crippen molar-refractivity contribution in [2.75, 3.05) is 0 Å². The number of hydrogen-bond donors (Lipinski definition) is 3. The van der Waals surface area contributed by atoms with E-state index in [1.165, 1.54) is 0 Å². The van der Waals surface area contributed by atoms with Gasteiger partial charge < -0.3 is 20.9 Å². The normalized spacial score (nSPS) is 13.8. The lowest BCUT2D eigenvalue weighted by Gasteiger charge is -2.19. The zero-order valence-electron chi connectivity index (χ0n) is 10.8. The summed E-state index contributed by atoms with van der Waals surface area (Å²) >= 11 is 0. The van der Waals surface area contributed by atoms with E-state index >= 15 is 0 Å². The van der Waals surface area contributed by atoms with Gasteiger partial charge in [-0.3, -0.25) is 9.59 Å². The standard InChI is InChI=1S/C11H20N2O5/c1-4-8(11(17)18-6(2)3)13-10(16)7(12)5-9(14)15/h6-8H,4-5,12H2,1-3H3,(H,13,16)(H,14,15)/t7-,8-/m0/s1. The minimum atomic E-state index is -1.18. The van der Waals surface area contributed by atoms with E-state index in [1.807, 2.05) is 0 Å². The minimum absolute atomic E-state index is 0.281. The Morgan fingerprint density at radius 1 is 1.33 bits per heavy atom. The number of carboxylic acid groups (broad SMARTS) is 1. The van der Waals surface area contributed by atoms with Crippen LogP contribution in [0.15, 0.2) is 0 Å². The highest BCUT2D eigenvalue weighted by atomic mass is 16.5. The van der Waals surface area contributed by atoms with Crippen molar-refractivity contribution in [3.63, 3.8) is 0 Å². The molecule has 18 heavy (non-hydrogen) atoms. The first-order valence-corrected chi connectivity index (χ1v) is 5.76. The van der Waals surface area contributed by atoms with Crippen LogP contribution in [-0.4, -0.2) is 41.1 Å². The predicted molar refractivity (Wildman–Crippen MR) is 63.7 cm³/mol. The van der Waals surface area contributed by atoms with E-state index in [1.54, 1.807) is 20.8 Å². The molecular formula is C11H20N2O5. The van der Waals surface area contributed by atoms with Crippen LogP contribution < -0.4 is 11.1 Å². The first kappa shape index (κ1) is 16.4. The fraction of sp³-hybridized carbons (Fsp3) is 0.727. The molecule has 0 heterocycles. The number of aliphatic carboxylic acids is 1. The number of amides is 1. The Labute approximate surface area is 106 Å². The monoisotopic (exact) mass is 260 g/mol. The van der Waals surface area contributed by atoms with Crippen molar-refractivity contribution in [3.05, 3.63) is 0 Å². The van der Waals surface area contributed by atoms with Gasteiger partial charge in [-0.15, -0.1) is 0 Å². The molecule has 0 aromatic heterocycles. The second-order valence-corrected chi connectivity index (χ2v) is 4.16. The van der Waals surface area contributed by atoms with E-state index in [-0.39, 0.29) is 6.10 Å². The number of carbonyl (C=O) groups is 3. The van der Waals surface area contributed by atoms with Crippen LogP contribution in [0.2, 0.25) is 0 Å². The van der Waals surface area contributed by atoms with E-state index in [2.05, 4.69) is 5.32 Å². The molecule has 0 aromatic carbocycles. The van der Waals surface area contributed by atoms with Crippen molar-refractivity contribution in [1.82, 2.24) is 5.32 Å². The number of ether oxygens (including phenoxy) is 1. The third-order valence-corrected chi connectivity index (χ3v) is 2.09. The molecule has 1 amide bonds. The fourth-order valence-corrected chi connectivity index (χ4v) is 1.20. The molecule has 0 saturated carbocycles. The maximum absolute atomic E-state index is 11.6. The zero-order valence-corrected chi connectivity index (χ0v) is 10.8. The number of rotatable bonds is 7. The Hall–Kier alpha value is -1.63. The molecule has 0 bridgehead atoms. The summed E-state index contributed by atoms with van der Waals surface area (Å²) in [7, 11) is 0. The third kappa shape index (κ3) is 6.19. The Bertz CT molecular complexity index is 317. The van der Waals surface area contributed by atoms with E-state index in [4.69, 9.17) is 15.6 Å². The van der Waals surface area contributed by atoms with Gasteiger partial charge in [0.1, 0.15) is 6.04 Å². The summed E-state index contributed by atoms with van der Waals surface area (Å²) in [5.41, 5.74) is 5.38. The number of nitrogens with one attached hydrogen (secondary N) is 1. The lowest BCUT2D eigenvalue weighted by molar-refractivity contribution is -0.151. The Kier molecular flexibility index (Phi) is 6.96. The van der Waals surface area contributed by atoms with Crippen LogP contribution in [0.3, 0.4) is 0 Å². The molecule has 0 rings (SSSR count). The van der Waals surface area contributed by atoms with Gasteiger partial charge in [-0.1, -0.05) is 6.92 Å². The van der Waals surface area contributed by atoms with Crippen LogP contribution >= 0.6 is 0 Å². The predicted octanol–water partition coefficient (Wildman–Crippen LogP) is -0.365. The molecule has 0 aromatic rings. The van der Waals surface area contributed by atoms with Gasteiger partial charge in [-0.2, -0.15) is 0 Å². The summed E-state index contributed by atoms with van der Waals surface area (Å²) in [6.07, 6.45) is -0.422. The third-order valence-electron chi connectivity index (χ3n) is 2.09. The van der Waals surface area contributed by atoms with Crippen molar-refractivity contribution in [2.45, 2.75) is 51.8 Å². The fourth-order valence-electron chi connectivity index (χ4n) is 1.20. The van der Waals surface area contributed by atoms with Crippen LogP contribution in [0, 0.1) is 0 Å². The summed E-state index contributed by atoms with van der Waals surface area (Å²) in [6.45, 7) is 5.10. The van der Waals surface area contributed by atoms with Gasteiger partial charge in [0, 0.05) is 0 Å². The molecule has 2 atom stereocenters. The van der Waals surface area contributed by atoms with Gasteiger partial charge in [0.2, 0.25) is 5.91 Å². The van der Waals surface area contributed by atoms with Crippen LogP contribution in [0.5, 0.6) is 0 Å². The van der Waals surface area contributed by atoms with Gasteiger partial charge in [0.25, 0.3) is 0 Å². The molecule has 7 heteroatoms. The Balaban J connectivity index is 4.40. The van der Waals surface area contributed by atoms with Crippen molar-refractivity contribution >= 4 is 17.8 Å². The molecule has 0 fully saturated rings. The first-order chi connectivity index (χ1) is 8.27. The van der Waals surface area contributed by atoms with E-state index in [0.717, 1.165) is 0 Å². The summed E-state index contributed by atoms with van der Waals surface area (Å²) in [4.78, 5) is 33.5. The average Bonchev–Trinajstić information content (AvgIpc) is 2.23. The summed E-state index contributed by atoms with van der Waals surface area (Å²) in [6, 6.07) is -1.98. The van der Waals surface area contributed by atoms with Gasteiger partial charge in [0.15, 0.2) is 0 Å². The highest BCUT2D eigenvalue weighted by Crippen LogP contribution is 2.00. The van der Waals surface area contributed by atoms with E-state index < -0.39 is 36.4 Å². The van der Waals surface area contributed by atoms with Gasteiger partial charge in [-0.05, 0) is 20.3 Å². The molecule has 0 aliphatic rings. The Morgan fingerprint density at radius 3 is 2.28 bits per heavy atom. The van der Waals surface area contributed by atoms with Gasteiger partial charge in [0.05, 0.1) is 18.6 Å². The molecule has 0 saturated heterocycles. The average molecular weight is 260 g/mol. The Morgan fingerprint density at radius 2 is 1.89 bits per heavy atom. The second kappa shape index (κ2) is 7.65. The number of esters is 1. The molecule has 7 nitrogen and oxygen atoms in total. The van der Waals surface area contributed by atoms with Crippen LogP contribution in [0.4, 0.5) is 0 Å². The lowest BCUT2D eigenvalue weighted by Crippen LogP contribution is -2.49. The van der Waals surface area contributed by atoms with E-state index in [0.29, 0.717) is 6.42 Å². The molecule has 0 aliphatic carbocycles. The SMILES string of the molecule is CC[C@H](NC(=O)[C@@H](N)CC(=O)O)C(=O)OC(C)C. The number of carboxylic acids is 1. The largest absolute Gasteiger partial charge is 0.481 e. The number of nitrogens with two attached hydrogens (primary N) is 1. The van der Waals surface area contributed by atoms with Crippen molar-refractivity contribution < 1.29 is 24.2 Å². The first-order valence-electron chi connectivity index (χ1n) is 5.76. The maximum Gasteiger partial charge on any atom is 0.328 e. The molecule has 0 spiro atoms. The van der Waals surface area contributed by atoms with Crippen molar-refractivity contribution in [2.24, 2.45) is 5.73 Å². The zero-order chi connectivity index (χ0) is 14.3. The number of hydrogen-bond acceptors (Lipinski definition) is 5. The molecule has 0 unspecified atom stereocenters. The topological polar surface area (TPSA) is 119 Å². The van der Waals surface area contributed by atoms with Crippen LogP contribution in [0.25, 0.3) is 0 Å². The van der Waals surface area contributed by atoms with Crippen molar-refractivity contribution in [3.8, 4) is 0 Å². The second-order valence-electron chi connectivity index (χ2n) is 4.16. The summed E-state index contributed by atoms with van der Waals surface area (Å²) in [5.74, 6) is -2.40. The molecule has 104 valence electrons. The highest BCUT2D eigenvalue weighted by Gasteiger charge is 2.25. The van der Waals surface area contributed by atoms with Crippen LogP contribution in [0.1, 0.15) is 33.6 Å². The number of carbonyl (C=O) groups excluding carboxylic acids is 2. The van der Waals surface area contributed by atoms with E-state index in [9.17, 15) is 14.4 Å². The summed E-state index contributed by atoms with van der Waals surface area (Å²) in [5, 5.41) is 10.9. The van der Waals surface area contributed by atoms with Crippen LogP contribution in [-0.2, 0) is 19.1 Å². The van der Waals surface area contributed by atoms with Gasteiger partial charge >= 0.3 is 11.9 Å². The lowest BCUT2D eigenvalue weighted by atomic mass is 10.1. The van der Waals surface area contributed by atoms with Gasteiger partial charge in [-0.25, -0.2) is 4.79 Å². The maximum atomic E-state index is 11.6. The molecular weight excluding hydrogens is 240 g/mol. The molecule has 0 aliphatic heterocycles.